The van der Waals surface area contributed by atoms with E-state index < -0.39 is 0 Å². The lowest BCUT2D eigenvalue weighted by Crippen LogP contribution is -2.30. The summed E-state index contributed by atoms with van der Waals surface area (Å²) in [5.41, 5.74) is 0.629. The van der Waals surface area contributed by atoms with Crippen molar-refractivity contribution < 1.29 is 4.79 Å². The van der Waals surface area contributed by atoms with Gasteiger partial charge in [0.25, 0.3) is 5.95 Å². The first-order valence-corrected chi connectivity index (χ1v) is 6.49. The average Bonchev–Trinajstić information content (AvgIpc) is 2.82. The van der Waals surface area contributed by atoms with E-state index in [0.717, 1.165) is 18.9 Å². The molecular weight excluding hydrogens is 244 g/mol. The number of carbonyl (C=O) groups is 1. The third kappa shape index (κ3) is 2.35. The molecule has 3 heterocycles. The third-order valence-corrected chi connectivity index (χ3v) is 3.22. The molecule has 0 aromatic carbocycles. The van der Waals surface area contributed by atoms with Gasteiger partial charge in [-0.25, -0.2) is 0 Å². The molecule has 0 bridgehead atoms. The summed E-state index contributed by atoms with van der Waals surface area (Å²) in [5.74, 6) is 1.08. The lowest BCUT2D eigenvalue weighted by molar-refractivity contribution is -0.114. The molecule has 0 unspecified atom stereocenters. The van der Waals surface area contributed by atoms with Crippen molar-refractivity contribution in [3.05, 3.63) is 12.1 Å². The monoisotopic (exact) mass is 260 g/mol. The van der Waals surface area contributed by atoms with Crippen LogP contribution in [0, 0.1) is 0 Å². The van der Waals surface area contributed by atoms with Crippen molar-refractivity contribution in [2.24, 2.45) is 0 Å². The molecule has 1 amide bonds. The zero-order valence-electron chi connectivity index (χ0n) is 10.8. The van der Waals surface area contributed by atoms with Gasteiger partial charge in [0.2, 0.25) is 5.91 Å². The first-order valence-electron chi connectivity index (χ1n) is 6.49. The number of hydrogen-bond donors (Lipinski definition) is 1. The smallest absolute Gasteiger partial charge is 0.252 e. The van der Waals surface area contributed by atoms with Gasteiger partial charge in [0.1, 0.15) is 5.82 Å². The molecule has 0 atom stereocenters. The number of anilines is 2. The van der Waals surface area contributed by atoms with Crippen LogP contribution in [0.2, 0.25) is 0 Å². The van der Waals surface area contributed by atoms with Gasteiger partial charge >= 0.3 is 0 Å². The van der Waals surface area contributed by atoms with Crippen molar-refractivity contribution in [2.75, 3.05) is 23.3 Å². The van der Waals surface area contributed by atoms with E-state index >= 15 is 0 Å². The summed E-state index contributed by atoms with van der Waals surface area (Å²) in [6, 6.07) is 3.82. The predicted molar refractivity (Wildman–Crippen MR) is 71.1 cm³/mol. The van der Waals surface area contributed by atoms with Crippen LogP contribution in [0.5, 0.6) is 0 Å². The second-order valence-electron chi connectivity index (χ2n) is 4.71. The Morgan fingerprint density at radius 2 is 2.00 bits per heavy atom. The van der Waals surface area contributed by atoms with Gasteiger partial charge in [0.15, 0.2) is 5.65 Å². The Balaban J connectivity index is 1.95. The fourth-order valence-corrected chi connectivity index (χ4v) is 2.31. The number of hydrogen-bond acceptors (Lipinski definition) is 5. The van der Waals surface area contributed by atoms with E-state index in [2.05, 4.69) is 25.5 Å². The normalized spacial score (nSPS) is 15.7. The van der Waals surface area contributed by atoms with E-state index in [1.54, 1.807) is 4.52 Å². The van der Waals surface area contributed by atoms with Gasteiger partial charge in [-0.05, 0) is 31.4 Å². The molecule has 3 rings (SSSR count). The maximum absolute atomic E-state index is 11.1. The number of amides is 1. The second kappa shape index (κ2) is 4.83. The maximum atomic E-state index is 11.1. The molecule has 0 saturated carbocycles. The van der Waals surface area contributed by atoms with E-state index in [1.165, 1.54) is 26.2 Å². The van der Waals surface area contributed by atoms with Crippen molar-refractivity contribution in [1.82, 2.24) is 19.8 Å². The molecule has 2 aromatic rings. The summed E-state index contributed by atoms with van der Waals surface area (Å²) >= 11 is 0. The minimum atomic E-state index is -0.181. The Bertz CT molecular complexity index is 601. The second-order valence-corrected chi connectivity index (χ2v) is 4.71. The fourth-order valence-electron chi connectivity index (χ4n) is 2.31. The van der Waals surface area contributed by atoms with Crippen molar-refractivity contribution in [2.45, 2.75) is 26.2 Å². The van der Waals surface area contributed by atoms with Crippen LogP contribution in [-0.2, 0) is 4.79 Å². The molecule has 1 aliphatic heterocycles. The average molecular weight is 260 g/mol. The number of nitrogens with one attached hydrogen (secondary N) is 1. The van der Waals surface area contributed by atoms with Crippen LogP contribution in [0.4, 0.5) is 11.8 Å². The molecule has 0 aliphatic carbocycles. The van der Waals surface area contributed by atoms with Crippen LogP contribution >= 0.6 is 0 Å². The summed E-state index contributed by atoms with van der Waals surface area (Å²) in [4.78, 5) is 13.4. The Labute approximate surface area is 110 Å². The maximum Gasteiger partial charge on any atom is 0.252 e. The molecule has 19 heavy (non-hydrogen) atoms. The van der Waals surface area contributed by atoms with Gasteiger partial charge in [-0.3, -0.25) is 10.1 Å². The van der Waals surface area contributed by atoms with E-state index in [4.69, 9.17) is 0 Å². The van der Waals surface area contributed by atoms with E-state index in [0.29, 0.717) is 11.6 Å². The highest BCUT2D eigenvalue weighted by atomic mass is 16.1. The highest BCUT2D eigenvalue weighted by Gasteiger charge is 2.14. The van der Waals surface area contributed by atoms with Crippen molar-refractivity contribution in [1.29, 1.82) is 0 Å². The number of nitrogens with zero attached hydrogens (tertiary/aromatic N) is 5. The summed E-state index contributed by atoms with van der Waals surface area (Å²) in [5, 5.41) is 15.0. The van der Waals surface area contributed by atoms with Gasteiger partial charge in [-0.2, -0.15) is 4.52 Å². The van der Waals surface area contributed by atoms with Gasteiger partial charge in [0, 0.05) is 20.0 Å². The van der Waals surface area contributed by atoms with Crippen LogP contribution in [-0.4, -0.2) is 38.8 Å². The zero-order valence-corrected chi connectivity index (χ0v) is 10.8. The van der Waals surface area contributed by atoms with Gasteiger partial charge in [0.05, 0.1) is 0 Å². The molecule has 7 heteroatoms. The highest BCUT2D eigenvalue weighted by Crippen LogP contribution is 2.18. The molecule has 1 aliphatic rings. The van der Waals surface area contributed by atoms with Gasteiger partial charge in [-0.15, -0.1) is 15.3 Å². The third-order valence-electron chi connectivity index (χ3n) is 3.22. The molecule has 100 valence electrons. The molecule has 0 radical (unpaired) electrons. The lowest BCUT2D eigenvalue weighted by atomic mass is 10.1. The Morgan fingerprint density at radius 1 is 1.21 bits per heavy atom. The topological polar surface area (TPSA) is 75.4 Å². The van der Waals surface area contributed by atoms with Gasteiger partial charge in [-0.1, -0.05) is 0 Å². The molecule has 1 N–H and O–H groups in total. The largest absolute Gasteiger partial charge is 0.355 e. The summed E-state index contributed by atoms with van der Waals surface area (Å²) in [7, 11) is 0. The van der Waals surface area contributed by atoms with E-state index in [1.807, 2.05) is 12.1 Å². The minimum absolute atomic E-state index is 0.181. The SMILES string of the molecule is CC(=O)Nc1nnc2ccc(N3CCCCC3)nn12. The number of carbonyl (C=O) groups excluding carboxylic acids is 1. The standard InChI is InChI=1S/C12H16N6O/c1-9(19)13-12-15-14-10-5-6-11(16-18(10)12)17-7-3-2-4-8-17/h5-6H,2-4,7-8H2,1H3,(H,13,15,19). The zero-order chi connectivity index (χ0) is 13.2. The summed E-state index contributed by atoms with van der Waals surface area (Å²) in [6.45, 7) is 3.49. The van der Waals surface area contributed by atoms with Crippen LogP contribution in [0.3, 0.4) is 0 Å². The first kappa shape index (κ1) is 11.9. The fraction of sp³-hybridized carbons (Fsp3) is 0.500. The number of aromatic nitrogens is 4. The molecule has 2 aromatic heterocycles. The number of fused-ring (bicyclic) bond motifs is 1. The van der Waals surface area contributed by atoms with E-state index in [-0.39, 0.29) is 5.91 Å². The summed E-state index contributed by atoms with van der Waals surface area (Å²) in [6.07, 6.45) is 3.67. The summed E-state index contributed by atoms with van der Waals surface area (Å²) < 4.78 is 1.57. The Morgan fingerprint density at radius 3 is 2.74 bits per heavy atom. The number of piperidine rings is 1. The first-order chi connectivity index (χ1) is 9.24. The van der Waals surface area contributed by atoms with Crippen molar-refractivity contribution >= 4 is 23.3 Å². The molecule has 7 nitrogen and oxygen atoms in total. The molecule has 0 spiro atoms. The highest BCUT2D eigenvalue weighted by molar-refractivity contribution is 5.87. The van der Waals surface area contributed by atoms with Crippen LogP contribution < -0.4 is 10.2 Å². The Kier molecular flexibility index (Phi) is 3.02. The van der Waals surface area contributed by atoms with Crippen LogP contribution in [0.15, 0.2) is 12.1 Å². The lowest BCUT2D eigenvalue weighted by Gasteiger charge is -2.27. The van der Waals surface area contributed by atoms with Crippen molar-refractivity contribution in [3.63, 3.8) is 0 Å². The van der Waals surface area contributed by atoms with Crippen molar-refractivity contribution in [3.8, 4) is 0 Å². The molecule has 1 fully saturated rings. The molecule has 1 saturated heterocycles. The minimum Gasteiger partial charge on any atom is -0.355 e. The predicted octanol–water partition coefficient (Wildman–Crippen LogP) is 1.07. The van der Waals surface area contributed by atoms with Crippen LogP contribution in [0.25, 0.3) is 5.65 Å². The molecular formula is C12H16N6O. The quantitative estimate of drug-likeness (QED) is 0.874. The Hall–Kier alpha value is -2.18. The van der Waals surface area contributed by atoms with E-state index in [9.17, 15) is 4.79 Å². The van der Waals surface area contributed by atoms with Gasteiger partial charge < -0.3 is 4.90 Å². The van der Waals surface area contributed by atoms with Crippen LogP contribution in [0.1, 0.15) is 26.2 Å². The number of rotatable bonds is 2.